The number of nitrogens with zero attached hydrogens (tertiary/aromatic N) is 1. The Kier molecular flexibility index (Phi) is 2.27. The van der Waals surface area contributed by atoms with Crippen LogP contribution in [0.25, 0.3) is 0 Å². The van der Waals surface area contributed by atoms with Gasteiger partial charge in [-0.15, -0.1) is 0 Å². The van der Waals surface area contributed by atoms with Crippen molar-refractivity contribution >= 4 is 29.2 Å². The fourth-order valence-corrected chi connectivity index (χ4v) is 1.18. The van der Waals surface area contributed by atoms with Crippen molar-refractivity contribution in [3.8, 4) is 0 Å². The van der Waals surface area contributed by atoms with E-state index in [0.29, 0.717) is 0 Å². The molecule has 1 aliphatic rings. The third-order valence-electron chi connectivity index (χ3n) is 1.60. The number of carbonyl (C=O) groups is 2. The van der Waals surface area contributed by atoms with Crippen molar-refractivity contribution in [3.63, 3.8) is 0 Å². The van der Waals surface area contributed by atoms with E-state index in [9.17, 15) is 14.7 Å². The average molecular weight is 187 g/mol. The van der Waals surface area contributed by atoms with Crippen molar-refractivity contribution in [2.75, 3.05) is 7.05 Å². The fraction of sp³-hybridized carbons (Fsp3) is 0.500. The lowest BCUT2D eigenvalue weighted by molar-refractivity contribution is -0.306. The molecule has 0 saturated carbocycles. The Bertz CT molecular complexity index is 251. The van der Waals surface area contributed by atoms with E-state index in [0.717, 1.165) is 0 Å². The molecule has 0 aromatic heterocycles. The number of aliphatic carboxylic acids is 1. The van der Waals surface area contributed by atoms with Gasteiger partial charge in [0.05, 0.1) is 0 Å². The van der Waals surface area contributed by atoms with Crippen LogP contribution in [0.4, 0.5) is 0 Å². The first-order chi connectivity index (χ1) is 5.52. The summed E-state index contributed by atoms with van der Waals surface area (Å²) < 4.78 is 0. The molecule has 66 valence electrons. The van der Waals surface area contributed by atoms with Gasteiger partial charge in [0, 0.05) is 19.4 Å². The van der Waals surface area contributed by atoms with Crippen LogP contribution in [0, 0.1) is 0 Å². The van der Waals surface area contributed by atoms with Crippen molar-refractivity contribution in [1.82, 2.24) is 10.2 Å². The molecule has 1 N–H and O–H groups in total. The molecule has 1 saturated heterocycles. The van der Waals surface area contributed by atoms with E-state index in [1.807, 2.05) is 0 Å². The maximum absolute atomic E-state index is 11.1. The van der Waals surface area contributed by atoms with Gasteiger partial charge in [0.2, 0.25) is 0 Å². The lowest BCUT2D eigenvalue weighted by Crippen LogP contribution is -2.36. The van der Waals surface area contributed by atoms with Crippen LogP contribution in [0.1, 0.15) is 6.42 Å². The normalized spacial score (nSPS) is 22.8. The number of rotatable bonds is 2. The summed E-state index contributed by atoms with van der Waals surface area (Å²) in [5.74, 6) is -1.59. The molecule has 0 radical (unpaired) electrons. The molecule has 1 aliphatic heterocycles. The highest BCUT2D eigenvalue weighted by Crippen LogP contribution is 2.06. The van der Waals surface area contributed by atoms with E-state index < -0.39 is 12.0 Å². The quantitative estimate of drug-likeness (QED) is 0.499. The minimum absolute atomic E-state index is 0.256. The van der Waals surface area contributed by atoms with E-state index in [1.165, 1.54) is 11.9 Å². The maximum Gasteiger partial charge on any atom is 0.251 e. The SMILES string of the molecule is CN1C(=O)[C@H](CC(=O)[O-])NC1=S. The largest absolute Gasteiger partial charge is 0.550 e. The number of nitrogens with one attached hydrogen (secondary N) is 1. The molecule has 1 atom stereocenters. The highest BCUT2D eigenvalue weighted by Gasteiger charge is 2.32. The van der Waals surface area contributed by atoms with Crippen molar-refractivity contribution in [2.24, 2.45) is 0 Å². The molecule has 0 bridgehead atoms. The van der Waals surface area contributed by atoms with E-state index in [4.69, 9.17) is 12.2 Å². The summed E-state index contributed by atoms with van der Waals surface area (Å²) in [5.41, 5.74) is 0. The number of carboxylic acid groups (broad SMARTS) is 1. The molecule has 12 heavy (non-hydrogen) atoms. The Morgan fingerprint density at radius 2 is 2.42 bits per heavy atom. The zero-order valence-corrected chi connectivity index (χ0v) is 7.18. The molecular formula is C6H7N2O3S-. The van der Waals surface area contributed by atoms with E-state index >= 15 is 0 Å². The molecule has 0 aromatic rings. The Hall–Kier alpha value is -1.17. The standard InChI is InChI=1S/C6H8N2O3S/c1-8-5(11)3(2-4(9)10)7-6(8)12/h3H,2H2,1H3,(H,7,12)(H,9,10)/p-1/t3-/m0/s1. The zero-order valence-electron chi connectivity index (χ0n) is 6.36. The van der Waals surface area contributed by atoms with Gasteiger partial charge in [0.1, 0.15) is 6.04 Å². The van der Waals surface area contributed by atoms with Gasteiger partial charge >= 0.3 is 0 Å². The molecule has 0 aliphatic carbocycles. The second-order valence-electron chi connectivity index (χ2n) is 2.48. The molecule has 1 heterocycles. The van der Waals surface area contributed by atoms with Crippen LogP contribution in [0.3, 0.4) is 0 Å². The van der Waals surface area contributed by atoms with Gasteiger partial charge in [-0.25, -0.2) is 0 Å². The summed E-state index contributed by atoms with van der Waals surface area (Å²) in [5, 5.41) is 13.0. The topological polar surface area (TPSA) is 72.5 Å². The van der Waals surface area contributed by atoms with Crippen LogP contribution < -0.4 is 10.4 Å². The van der Waals surface area contributed by atoms with Gasteiger partial charge in [-0.2, -0.15) is 0 Å². The van der Waals surface area contributed by atoms with Crippen LogP contribution in [0.5, 0.6) is 0 Å². The predicted molar refractivity (Wildman–Crippen MR) is 41.9 cm³/mol. The van der Waals surface area contributed by atoms with Crippen molar-refractivity contribution in [3.05, 3.63) is 0 Å². The predicted octanol–water partition coefficient (Wildman–Crippen LogP) is -2.16. The van der Waals surface area contributed by atoms with Crippen LogP contribution in [0.2, 0.25) is 0 Å². The smallest absolute Gasteiger partial charge is 0.251 e. The first-order valence-corrected chi connectivity index (χ1v) is 3.71. The van der Waals surface area contributed by atoms with E-state index in [2.05, 4.69) is 5.32 Å². The minimum Gasteiger partial charge on any atom is -0.550 e. The first-order valence-electron chi connectivity index (χ1n) is 3.30. The number of hydrogen-bond acceptors (Lipinski definition) is 4. The van der Waals surface area contributed by atoms with Crippen LogP contribution in [-0.4, -0.2) is 35.0 Å². The average Bonchev–Trinajstić information content (AvgIpc) is 2.17. The monoisotopic (exact) mass is 187 g/mol. The number of hydrogen-bond donors (Lipinski definition) is 1. The molecule has 6 heteroatoms. The molecular weight excluding hydrogens is 180 g/mol. The zero-order chi connectivity index (χ0) is 9.30. The Morgan fingerprint density at radius 3 is 2.75 bits per heavy atom. The number of amides is 1. The van der Waals surface area contributed by atoms with Gasteiger partial charge in [-0.3, -0.25) is 9.69 Å². The molecule has 1 rings (SSSR count). The lowest BCUT2D eigenvalue weighted by Gasteiger charge is -2.07. The number of thiocarbonyl (C=S) groups is 1. The molecule has 5 nitrogen and oxygen atoms in total. The minimum atomic E-state index is -1.26. The summed E-state index contributed by atoms with van der Waals surface area (Å²) in [7, 11) is 1.49. The molecule has 0 spiro atoms. The highest BCUT2D eigenvalue weighted by molar-refractivity contribution is 7.80. The molecule has 1 amide bonds. The van der Waals surface area contributed by atoms with Crippen molar-refractivity contribution < 1.29 is 14.7 Å². The summed E-state index contributed by atoms with van der Waals surface area (Å²) in [4.78, 5) is 22.5. The molecule has 1 fully saturated rings. The summed E-state index contributed by atoms with van der Waals surface area (Å²) in [6, 6.07) is -0.757. The number of carbonyl (C=O) groups excluding carboxylic acids is 2. The lowest BCUT2D eigenvalue weighted by atomic mass is 10.2. The van der Waals surface area contributed by atoms with Crippen molar-refractivity contribution in [1.29, 1.82) is 0 Å². The Balaban J connectivity index is 2.65. The second-order valence-corrected chi connectivity index (χ2v) is 2.86. The van der Waals surface area contributed by atoms with E-state index in [-0.39, 0.29) is 17.4 Å². The number of carboxylic acids is 1. The van der Waals surface area contributed by atoms with Gasteiger partial charge in [0.15, 0.2) is 5.11 Å². The second kappa shape index (κ2) is 3.06. The van der Waals surface area contributed by atoms with Gasteiger partial charge in [-0.05, 0) is 12.2 Å². The summed E-state index contributed by atoms with van der Waals surface area (Å²) in [6.45, 7) is 0. The summed E-state index contributed by atoms with van der Waals surface area (Å²) >= 11 is 4.73. The number of likely N-dealkylation sites (N-methyl/N-ethyl adjacent to an activating group) is 1. The van der Waals surface area contributed by atoms with E-state index in [1.54, 1.807) is 0 Å². The molecule has 0 unspecified atom stereocenters. The van der Waals surface area contributed by atoms with Crippen LogP contribution in [0.15, 0.2) is 0 Å². The molecule has 0 aromatic carbocycles. The summed E-state index contributed by atoms with van der Waals surface area (Å²) in [6.07, 6.45) is -0.344. The Labute approximate surface area is 74.3 Å². The maximum atomic E-state index is 11.1. The third-order valence-corrected chi connectivity index (χ3v) is 1.99. The van der Waals surface area contributed by atoms with Gasteiger partial charge < -0.3 is 15.2 Å². The first kappa shape index (κ1) is 8.92. The van der Waals surface area contributed by atoms with Crippen LogP contribution in [-0.2, 0) is 9.59 Å². The highest BCUT2D eigenvalue weighted by atomic mass is 32.1. The van der Waals surface area contributed by atoms with Crippen molar-refractivity contribution in [2.45, 2.75) is 12.5 Å². The van der Waals surface area contributed by atoms with Gasteiger partial charge in [0.25, 0.3) is 5.91 Å². The van der Waals surface area contributed by atoms with Crippen LogP contribution >= 0.6 is 12.2 Å². The van der Waals surface area contributed by atoms with Gasteiger partial charge in [-0.1, -0.05) is 0 Å². The Morgan fingerprint density at radius 1 is 1.83 bits per heavy atom. The fourth-order valence-electron chi connectivity index (χ4n) is 0.946. The third kappa shape index (κ3) is 1.53.